The van der Waals surface area contributed by atoms with Gasteiger partial charge in [-0.15, -0.1) is 0 Å². The number of H-pyrrole nitrogens is 1. The highest BCUT2D eigenvalue weighted by atomic mass is 16.5. The van der Waals surface area contributed by atoms with Gasteiger partial charge in [-0.1, -0.05) is 0 Å². The molecule has 0 radical (unpaired) electrons. The van der Waals surface area contributed by atoms with Crippen LogP contribution in [0.25, 0.3) is 0 Å². The molecule has 1 aliphatic carbocycles. The fourth-order valence-corrected chi connectivity index (χ4v) is 2.58. The van der Waals surface area contributed by atoms with Gasteiger partial charge in [-0.05, 0) is 18.9 Å². The lowest BCUT2D eigenvalue weighted by atomic mass is 10.2. The van der Waals surface area contributed by atoms with E-state index in [1.807, 2.05) is 6.07 Å². The molecular weight excluding hydrogens is 300 g/mol. The Morgan fingerprint density at radius 1 is 1.57 bits per heavy atom. The highest BCUT2D eigenvalue weighted by Gasteiger charge is 2.28. The second kappa shape index (κ2) is 7.10. The smallest absolute Gasteiger partial charge is 0.271 e. The predicted octanol–water partition coefficient (Wildman–Crippen LogP) is -0.109. The second-order valence-corrected chi connectivity index (χ2v) is 5.96. The number of carbonyl (C=O) groups excluding carboxylic acids is 2. The Balaban J connectivity index is 1.46. The number of hydrogen-bond acceptors (Lipinski definition) is 5. The van der Waals surface area contributed by atoms with Crippen molar-refractivity contribution in [3.63, 3.8) is 0 Å². The van der Waals surface area contributed by atoms with Crippen LogP contribution < -0.4 is 5.32 Å². The number of amides is 2. The highest BCUT2D eigenvalue weighted by molar-refractivity contribution is 5.92. The molecule has 1 aromatic heterocycles. The molecule has 1 aromatic rings. The third kappa shape index (κ3) is 4.08. The molecule has 1 saturated heterocycles. The van der Waals surface area contributed by atoms with Crippen LogP contribution in [0.15, 0.2) is 6.07 Å². The first kappa shape index (κ1) is 15.9. The lowest BCUT2D eigenvalue weighted by Gasteiger charge is -2.32. The van der Waals surface area contributed by atoms with E-state index >= 15 is 0 Å². The van der Waals surface area contributed by atoms with E-state index in [0.29, 0.717) is 37.9 Å². The number of carbonyl (C=O) groups is 2. The first-order chi connectivity index (χ1) is 11.2. The van der Waals surface area contributed by atoms with Crippen LogP contribution in [-0.2, 0) is 14.3 Å². The van der Waals surface area contributed by atoms with Crippen LogP contribution in [0.5, 0.6) is 0 Å². The van der Waals surface area contributed by atoms with Crippen LogP contribution in [0.4, 0.5) is 0 Å². The molecule has 8 heteroatoms. The molecule has 126 valence electrons. The summed E-state index contributed by atoms with van der Waals surface area (Å²) in [7, 11) is 1.60. The Kier molecular flexibility index (Phi) is 4.92. The van der Waals surface area contributed by atoms with Crippen molar-refractivity contribution in [2.45, 2.75) is 24.9 Å². The van der Waals surface area contributed by atoms with E-state index in [1.165, 1.54) is 0 Å². The van der Waals surface area contributed by atoms with E-state index in [-0.39, 0.29) is 24.5 Å². The van der Waals surface area contributed by atoms with E-state index in [9.17, 15) is 9.59 Å². The van der Waals surface area contributed by atoms with E-state index in [2.05, 4.69) is 15.5 Å². The summed E-state index contributed by atoms with van der Waals surface area (Å²) >= 11 is 0. The second-order valence-electron chi connectivity index (χ2n) is 5.96. The number of nitrogens with one attached hydrogen (secondary N) is 2. The third-order valence-corrected chi connectivity index (χ3v) is 4.12. The standard InChI is InChI=1S/C15H22N4O4/c1-22-5-4-19-8-11(23-9-14(19)20)7-16-15(21)13-6-12(17-18-13)10-2-3-10/h6,10-11H,2-5,7-9H2,1H3,(H,16,21)(H,17,18). The minimum Gasteiger partial charge on any atom is -0.383 e. The lowest BCUT2D eigenvalue weighted by Crippen LogP contribution is -2.51. The molecule has 1 unspecified atom stereocenters. The summed E-state index contributed by atoms with van der Waals surface area (Å²) in [5, 5.41) is 9.78. The van der Waals surface area contributed by atoms with E-state index in [1.54, 1.807) is 12.0 Å². The normalized spacial score (nSPS) is 21.5. The number of morpholine rings is 1. The van der Waals surface area contributed by atoms with Crippen molar-refractivity contribution in [3.05, 3.63) is 17.5 Å². The molecule has 2 fully saturated rings. The number of ether oxygens (including phenoxy) is 2. The molecule has 0 bridgehead atoms. The zero-order chi connectivity index (χ0) is 16.2. The predicted molar refractivity (Wildman–Crippen MR) is 81.1 cm³/mol. The van der Waals surface area contributed by atoms with Crippen molar-refractivity contribution < 1.29 is 19.1 Å². The van der Waals surface area contributed by atoms with Crippen molar-refractivity contribution >= 4 is 11.8 Å². The Bertz CT molecular complexity index is 570. The fourth-order valence-electron chi connectivity index (χ4n) is 2.58. The maximum Gasteiger partial charge on any atom is 0.271 e. The first-order valence-corrected chi connectivity index (χ1v) is 7.89. The van der Waals surface area contributed by atoms with Crippen LogP contribution in [0.2, 0.25) is 0 Å². The van der Waals surface area contributed by atoms with Gasteiger partial charge < -0.3 is 19.7 Å². The average molecular weight is 322 g/mol. The van der Waals surface area contributed by atoms with Crippen LogP contribution in [0, 0.1) is 0 Å². The van der Waals surface area contributed by atoms with Gasteiger partial charge in [0, 0.05) is 38.4 Å². The van der Waals surface area contributed by atoms with Crippen molar-refractivity contribution in [3.8, 4) is 0 Å². The fraction of sp³-hybridized carbons (Fsp3) is 0.667. The van der Waals surface area contributed by atoms with E-state index in [4.69, 9.17) is 9.47 Å². The summed E-state index contributed by atoms with van der Waals surface area (Å²) in [6, 6.07) is 1.81. The lowest BCUT2D eigenvalue weighted by molar-refractivity contribution is -0.149. The van der Waals surface area contributed by atoms with Gasteiger partial charge >= 0.3 is 0 Å². The van der Waals surface area contributed by atoms with Crippen molar-refractivity contribution in [1.82, 2.24) is 20.4 Å². The summed E-state index contributed by atoms with van der Waals surface area (Å²) in [5.74, 6) is 0.258. The largest absolute Gasteiger partial charge is 0.383 e. The van der Waals surface area contributed by atoms with Crippen LogP contribution in [0.3, 0.4) is 0 Å². The Hall–Kier alpha value is -1.93. The molecule has 2 heterocycles. The summed E-state index contributed by atoms with van der Waals surface area (Å²) < 4.78 is 10.5. The summed E-state index contributed by atoms with van der Waals surface area (Å²) in [4.78, 5) is 25.5. The Morgan fingerprint density at radius 2 is 2.39 bits per heavy atom. The number of methoxy groups -OCH3 is 1. The summed E-state index contributed by atoms with van der Waals surface area (Å²) in [6.07, 6.45) is 2.10. The minimum atomic E-state index is -0.225. The summed E-state index contributed by atoms with van der Waals surface area (Å²) in [6.45, 7) is 1.87. The van der Waals surface area contributed by atoms with Crippen LogP contribution in [0.1, 0.15) is 34.9 Å². The van der Waals surface area contributed by atoms with Crippen molar-refractivity contribution in [1.29, 1.82) is 0 Å². The first-order valence-electron chi connectivity index (χ1n) is 7.89. The molecule has 2 amide bonds. The maximum absolute atomic E-state index is 12.1. The molecular formula is C15H22N4O4. The molecule has 1 aliphatic heterocycles. The molecule has 23 heavy (non-hydrogen) atoms. The van der Waals surface area contributed by atoms with Crippen molar-refractivity contribution in [2.75, 3.05) is 40.0 Å². The van der Waals surface area contributed by atoms with E-state index in [0.717, 1.165) is 18.5 Å². The van der Waals surface area contributed by atoms with E-state index < -0.39 is 0 Å². The van der Waals surface area contributed by atoms with Gasteiger partial charge in [0.15, 0.2) is 0 Å². The SMILES string of the molecule is COCCN1CC(CNC(=O)c2cc(C3CC3)[nH]n2)OCC1=O. The van der Waals surface area contributed by atoms with Gasteiger partial charge in [0.2, 0.25) is 5.91 Å². The molecule has 1 atom stereocenters. The number of aromatic nitrogens is 2. The average Bonchev–Trinajstić information content (AvgIpc) is 3.29. The molecule has 3 rings (SSSR count). The van der Waals surface area contributed by atoms with Gasteiger partial charge in [-0.3, -0.25) is 14.7 Å². The van der Waals surface area contributed by atoms with Gasteiger partial charge in [-0.2, -0.15) is 5.10 Å². The highest BCUT2D eigenvalue weighted by Crippen LogP contribution is 2.38. The topological polar surface area (TPSA) is 96.6 Å². The summed E-state index contributed by atoms with van der Waals surface area (Å²) in [5.41, 5.74) is 1.43. The van der Waals surface area contributed by atoms with Gasteiger partial charge in [0.1, 0.15) is 12.3 Å². The van der Waals surface area contributed by atoms with Gasteiger partial charge in [0.05, 0.1) is 12.7 Å². The molecule has 2 aliphatic rings. The van der Waals surface area contributed by atoms with Crippen LogP contribution >= 0.6 is 0 Å². The quantitative estimate of drug-likeness (QED) is 0.730. The molecule has 8 nitrogen and oxygen atoms in total. The third-order valence-electron chi connectivity index (χ3n) is 4.12. The Morgan fingerprint density at radius 3 is 3.13 bits per heavy atom. The zero-order valence-electron chi connectivity index (χ0n) is 13.2. The number of nitrogens with zero attached hydrogens (tertiary/aromatic N) is 2. The number of aromatic amines is 1. The molecule has 1 saturated carbocycles. The zero-order valence-corrected chi connectivity index (χ0v) is 13.2. The number of hydrogen-bond donors (Lipinski definition) is 2. The van der Waals surface area contributed by atoms with Gasteiger partial charge in [-0.25, -0.2) is 0 Å². The maximum atomic E-state index is 12.1. The molecule has 0 aromatic carbocycles. The van der Waals surface area contributed by atoms with Gasteiger partial charge in [0.25, 0.3) is 5.91 Å². The molecule has 2 N–H and O–H groups in total. The van der Waals surface area contributed by atoms with Crippen LogP contribution in [-0.4, -0.2) is 73.0 Å². The number of rotatable bonds is 7. The monoisotopic (exact) mass is 322 g/mol. The minimum absolute atomic E-state index is 0.0402. The Labute approximate surface area is 134 Å². The molecule has 0 spiro atoms. The van der Waals surface area contributed by atoms with Crippen molar-refractivity contribution in [2.24, 2.45) is 0 Å².